The molecule has 0 aliphatic carbocycles. The number of halogens is 1. The molecule has 7 heteroatoms. The van der Waals surface area contributed by atoms with Crippen LogP contribution in [0.4, 0.5) is 3.89 Å². The summed E-state index contributed by atoms with van der Waals surface area (Å²) in [5, 5.41) is 5.88. The van der Waals surface area contributed by atoms with Gasteiger partial charge in [0, 0.05) is 7.05 Å². The number of nitrogens with zero attached hydrogens (tertiary/aromatic N) is 3. The molecule has 0 N–H and O–H groups in total. The summed E-state index contributed by atoms with van der Waals surface area (Å²) in [7, 11) is -3.36. The van der Waals surface area contributed by atoms with Gasteiger partial charge in [-0.05, 0) is 0 Å². The summed E-state index contributed by atoms with van der Waals surface area (Å²) < 4.78 is 33.2. The second kappa shape index (κ2) is 2.01. The topological polar surface area (TPSA) is 64.8 Å². The van der Waals surface area contributed by atoms with E-state index in [0.717, 1.165) is 10.9 Å². The summed E-state index contributed by atoms with van der Waals surface area (Å²) in [5.41, 5.74) is 0. The third-order valence-corrected chi connectivity index (χ3v) is 1.79. The SMILES string of the molecule is Cn1nncc1S(=O)(=O)F. The van der Waals surface area contributed by atoms with Crippen LogP contribution in [-0.2, 0) is 17.3 Å². The molecular weight excluding hydrogens is 161 g/mol. The molecule has 56 valence electrons. The fraction of sp³-hybridized carbons (Fsp3) is 0.333. The Hall–Kier alpha value is -0.980. The highest BCUT2D eigenvalue weighted by atomic mass is 32.3. The van der Waals surface area contributed by atoms with Crippen molar-refractivity contribution in [2.45, 2.75) is 5.03 Å². The molecule has 0 bridgehead atoms. The van der Waals surface area contributed by atoms with Crippen LogP contribution in [0.1, 0.15) is 0 Å². The maximum absolute atomic E-state index is 12.1. The minimum Gasteiger partial charge on any atom is -0.235 e. The lowest BCUT2D eigenvalue weighted by Crippen LogP contribution is -2.01. The van der Waals surface area contributed by atoms with Crippen LogP contribution in [0, 0.1) is 0 Å². The molecule has 0 saturated heterocycles. The highest BCUT2D eigenvalue weighted by Crippen LogP contribution is 2.06. The van der Waals surface area contributed by atoms with Crippen LogP contribution in [0.15, 0.2) is 11.2 Å². The van der Waals surface area contributed by atoms with Gasteiger partial charge < -0.3 is 0 Å². The molecule has 1 aromatic rings. The van der Waals surface area contributed by atoms with E-state index < -0.39 is 15.2 Å². The first kappa shape index (κ1) is 7.13. The molecule has 0 unspecified atom stereocenters. The lowest BCUT2D eigenvalue weighted by Gasteiger charge is -1.89. The zero-order valence-corrected chi connectivity index (χ0v) is 5.84. The first-order valence-corrected chi connectivity index (χ1v) is 3.69. The zero-order valence-electron chi connectivity index (χ0n) is 5.02. The Kier molecular flexibility index (Phi) is 1.43. The molecule has 0 aromatic carbocycles. The Morgan fingerprint density at radius 2 is 2.30 bits per heavy atom. The summed E-state index contributed by atoms with van der Waals surface area (Å²) in [6.07, 6.45) is 0.843. The maximum atomic E-state index is 12.1. The Labute approximate surface area is 56.7 Å². The van der Waals surface area contributed by atoms with Gasteiger partial charge in [-0.15, -0.1) is 5.10 Å². The molecule has 1 rings (SSSR count). The monoisotopic (exact) mass is 165 g/mol. The van der Waals surface area contributed by atoms with Crippen molar-refractivity contribution in [1.82, 2.24) is 15.0 Å². The van der Waals surface area contributed by atoms with Crippen LogP contribution in [0.2, 0.25) is 0 Å². The van der Waals surface area contributed by atoms with Crippen LogP contribution in [0.5, 0.6) is 0 Å². The van der Waals surface area contributed by atoms with E-state index in [9.17, 15) is 12.3 Å². The minimum atomic E-state index is -4.65. The molecule has 1 heterocycles. The first-order valence-electron chi connectivity index (χ1n) is 2.31. The lowest BCUT2D eigenvalue weighted by molar-refractivity contribution is 0.533. The van der Waals surface area contributed by atoms with E-state index in [1.165, 1.54) is 7.05 Å². The number of hydrogen-bond acceptors (Lipinski definition) is 4. The van der Waals surface area contributed by atoms with Crippen molar-refractivity contribution >= 4 is 10.2 Å². The molecule has 5 nitrogen and oxygen atoms in total. The van der Waals surface area contributed by atoms with Crippen molar-refractivity contribution in [1.29, 1.82) is 0 Å². The number of hydrogen-bond donors (Lipinski definition) is 0. The van der Waals surface area contributed by atoms with Gasteiger partial charge in [-0.2, -0.15) is 8.42 Å². The minimum absolute atomic E-state index is 0.535. The van der Waals surface area contributed by atoms with Crippen LogP contribution in [0.3, 0.4) is 0 Å². The van der Waals surface area contributed by atoms with Crippen LogP contribution < -0.4 is 0 Å². The molecule has 0 saturated carbocycles. The second-order valence-corrected chi connectivity index (χ2v) is 2.93. The predicted molar refractivity (Wildman–Crippen MR) is 29.3 cm³/mol. The normalized spacial score (nSPS) is 11.8. The molecule has 0 amide bonds. The molecule has 0 aliphatic rings. The standard InChI is InChI=1S/C3H4FN3O2S/c1-7-3(2-5-6-7)10(4,8)9/h2H,1H3. The average Bonchev–Trinajstić information content (AvgIpc) is 2.11. The second-order valence-electron chi connectivity index (χ2n) is 1.63. The van der Waals surface area contributed by atoms with E-state index >= 15 is 0 Å². The van der Waals surface area contributed by atoms with Gasteiger partial charge in [-0.3, -0.25) is 0 Å². The zero-order chi connectivity index (χ0) is 7.78. The van der Waals surface area contributed by atoms with Gasteiger partial charge in [0.05, 0.1) is 6.20 Å². The third kappa shape index (κ3) is 1.13. The molecule has 0 atom stereocenters. The van der Waals surface area contributed by atoms with Crippen molar-refractivity contribution in [3.63, 3.8) is 0 Å². The maximum Gasteiger partial charge on any atom is 0.351 e. The largest absolute Gasteiger partial charge is 0.351 e. The van der Waals surface area contributed by atoms with E-state index in [2.05, 4.69) is 10.3 Å². The molecule has 10 heavy (non-hydrogen) atoms. The highest BCUT2D eigenvalue weighted by molar-refractivity contribution is 7.86. The van der Waals surface area contributed by atoms with Gasteiger partial charge >= 0.3 is 10.2 Å². The summed E-state index contributed by atoms with van der Waals surface area (Å²) in [4.78, 5) is 0. The molecule has 0 aliphatic heterocycles. The van der Waals surface area contributed by atoms with E-state index in [1.807, 2.05) is 0 Å². The first-order chi connectivity index (χ1) is 4.52. The van der Waals surface area contributed by atoms with Crippen LogP contribution >= 0.6 is 0 Å². The Bertz CT molecular complexity index is 329. The summed E-state index contributed by atoms with van der Waals surface area (Å²) in [6, 6.07) is 0. The van der Waals surface area contributed by atoms with Gasteiger partial charge in [-0.1, -0.05) is 9.10 Å². The van der Waals surface area contributed by atoms with E-state index in [1.54, 1.807) is 0 Å². The van der Waals surface area contributed by atoms with Gasteiger partial charge in [-0.25, -0.2) is 4.68 Å². The highest BCUT2D eigenvalue weighted by Gasteiger charge is 2.16. The number of aryl methyl sites for hydroxylation is 1. The predicted octanol–water partition coefficient (Wildman–Crippen LogP) is -0.527. The smallest absolute Gasteiger partial charge is 0.235 e. The van der Waals surface area contributed by atoms with Gasteiger partial charge in [0.1, 0.15) is 0 Å². The Morgan fingerprint density at radius 1 is 1.70 bits per heavy atom. The molecule has 0 fully saturated rings. The van der Waals surface area contributed by atoms with Gasteiger partial charge in [0.25, 0.3) is 0 Å². The van der Waals surface area contributed by atoms with Crippen molar-refractivity contribution in [3.8, 4) is 0 Å². The molecule has 0 radical (unpaired) electrons. The average molecular weight is 165 g/mol. The van der Waals surface area contributed by atoms with Gasteiger partial charge in [0.15, 0.2) is 0 Å². The number of rotatable bonds is 1. The summed E-state index contributed by atoms with van der Waals surface area (Å²) in [6.45, 7) is 0. The van der Waals surface area contributed by atoms with E-state index in [4.69, 9.17) is 0 Å². The number of aromatic nitrogens is 3. The van der Waals surface area contributed by atoms with E-state index in [-0.39, 0.29) is 0 Å². The van der Waals surface area contributed by atoms with Crippen molar-refractivity contribution in [3.05, 3.63) is 6.20 Å². The molecular formula is C3H4FN3O2S. The fourth-order valence-corrected chi connectivity index (χ4v) is 1.03. The van der Waals surface area contributed by atoms with Crippen LogP contribution in [0.25, 0.3) is 0 Å². The summed E-state index contributed by atoms with van der Waals surface area (Å²) >= 11 is 0. The lowest BCUT2D eigenvalue weighted by atomic mass is 10.9. The Balaban J connectivity index is 3.32. The quantitative estimate of drug-likeness (QED) is 0.525. The van der Waals surface area contributed by atoms with Crippen LogP contribution in [-0.4, -0.2) is 23.4 Å². The third-order valence-electron chi connectivity index (χ3n) is 0.923. The van der Waals surface area contributed by atoms with E-state index in [0.29, 0.717) is 0 Å². The van der Waals surface area contributed by atoms with Gasteiger partial charge in [0.2, 0.25) is 5.03 Å². The Morgan fingerprint density at radius 3 is 2.50 bits per heavy atom. The van der Waals surface area contributed by atoms with Crippen molar-refractivity contribution < 1.29 is 12.3 Å². The molecule has 0 spiro atoms. The summed E-state index contributed by atoms with van der Waals surface area (Å²) in [5.74, 6) is 0. The fourth-order valence-electron chi connectivity index (χ4n) is 0.501. The van der Waals surface area contributed by atoms with Crippen molar-refractivity contribution in [2.75, 3.05) is 0 Å². The van der Waals surface area contributed by atoms with Crippen molar-refractivity contribution in [2.24, 2.45) is 7.05 Å². The molecule has 1 aromatic heterocycles.